The first-order valence-corrected chi connectivity index (χ1v) is 11.1. The molecule has 0 radical (unpaired) electrons. The van der Waals surface area contributed by atoms with E-state index in [2.05, 4.69) is 15.6 Å². The highest BCUT2D eigenvalue weighted by Crippen LogP contribution is 2.37. The molecule has 0 saturated carbocycles. The summed E-state index contributed by atoms with van der Waals surface area (Å²) in [5.41, 5.74) is 1.73. The topological polar surface area (TPSA) is 97.2 Å². The lowest BCUT2D eigenvalue weighted by Crippen LogP contribution is -2.30. The predicted octanol–water partition coefficient (Wildman–Crippen LogP) is 5.27. The Morgan fingerprint density at radius 3 is 2.84 bits per heavy atom. The number of thioether (sulfide) groups is 1. The predicted molar refractivity (Wildman–Crippen MR) is 121 cm³/mol. The molecule has 2 N–H and O–H groups in total. The van der Waals surface area contributed by atoms with Crippen LogP contribution in [0.25, 0.3) is 0 Å². The Bertz CT molecular complexity index is 1160. The summed E-state index contributed by atoms with van der Waals surface area (Å²) in [5.74, 6) is -0.0130. The Balaban J connectivity index is 1.55. The summed E-state index contributed by atoms with van der Waals surface area (Å²) in [5, 5.41) is 17.7. The van der Waals surface area contributed by atoms with E-state index in [0.717, 1.165) is 21.9 Å². The molecule has 0 fully saturated rings. The van der Waals surface area contributed by atoms with Crippen molar-refractivity contribution >= 4 is 29.0 Å². The molecular weight excluding hydrogens is 431 g/mol. The van der Waals surface area contributed by atoms with Crippen LogP contribution in [0.15, 0.2) is 65.7 Å². The molecule has 164 valence electrons. The van der Waals surface area contributed by atoms with Crippen molar-refractivity contribution in [2.45, 2.75) is 30.3 Å². The van der Waals surface area contributed by atoms with Gasteiger partial charge in [0.2, 0.25) is 0 Å². The van der Waals surface area contributed by atoms with Crippen molar-refractivity contribution in [2.24, 2.45) is 0 Å². The fourth-order valence-electron chi connectivity index (χ4n) is 3.64. The zero-order valence-electron chi connectivity index (χ0n) is 17.2. The lowest BCUT2D eigenvalue weighted by molar-refractivity contribution is -0.384. The van der Waals surface area contributed by atoms with Crippen LogP contribution in [-0.4, -0.2) is 21.6 Å². The molecule has 2 aromatic carbocycles. The average molecular weight is 453 g/mol. The number of anilines is 1. The number of carbonyl (C=O) groups excluding carboxylic acids is 1. The van der Waals surface area contributed by atoms with Gasteiger partial charge in [0.15, 0.2) is 0 Å². The number of nitrogens with one attached hydrogen (secondary N) is 2. The highest BCUT2D eigenvalue weighted by atomic mass is 32.2. The lowest BCUT2D eigenvalue weighted by atomic mass is 10.0. The number of pyridine rings is 1. The smallest absolute Gasteiger partial charge is 0.293 e. The highest BCUT2D eigenvalue weighted by molar-refractivity contribution is 7.99. The zero-order chi connectivity index (χ0) is 22.7. The molecule has 2 unspecified atom stereocenters. The number of nitro benzene ring substituents is 1. The third-order valence-corrected chi connectivity index (χ3v) is 6.40. The Kier molecular flexibility index (Phi) is 6.36. The number of nitrogens with zero attached hydrogens (tertiary/aromatic N) is 2. The Labute approximate surface area is 188 Å². The Hall–Kier alpha value is -3.46. The fraction of sp³-hybridized carbons (Fsp3) is 0.217. The molecule has 0 bridgehead atoms. The molecule has 32 heavy (non-hydrogen) atoms. The van der Waals surface area contributed by atoms with Gasteiger partial charge in [-0.3, -0.25) is 19.9 Å². The SMILES string of the molecule is CC(Nc1ccc(C(=O)NC2CCSc3ccc(F)cc32)cc1[N+](=O)[O-])c1ccccn1. The van der Waals surface area contributed by atoms with Gasteiger partial charge in [0, 0.05) is 28.5 Å². The number of amides is 1. The van der Waals surface area contributed by atoms with E-state index in [1.165, 1.54) is 24.3 Å². The van der Waals surface area contributed by atoms with Gasteiger partial charge in [-0.05, 0) is 61.4 Å². The number of carbonyl (C=O) groups is 1. The van der Waals surface area contributed by atoms with E-state index in [4.69, 9.17) is 0 Å². The van der Waals surface area contributed by atoms with E-state index in [0.29, 0.717) is 12.1 Å². The van der Waals surface area contributed by atoms with E-state index in [1.807, 2.05) is 19.1 Å². The number of benzene rings is 2. The summed E-state index contributed by atoms with van der Waals surface area (Å²) < 4.78 is 13.7. The molecule has 1 aliphatic heterocycles. The van der Waals surface area contributed by atoms with Crippen LogP contribution in [0.4, 0.5) is 15.8 Å². The van der Waals surface area contributed by atoms with Gasteiger partial charge in [0.1, 0.15) is 11.5 Å². The van der Waals surface area contributed by atoms with Crippen molar-refractivity contribution in [3.8, 4) is 0 Å². The molecule has 4 rings (SSSR count). The van der Waals surface area contributed by atoms with Gasteiger partial charge in [0.05, 0.1) is 22.7 Å². The van der Waals surface area contributed by atoms with Crippen LogP contribution in [-0.2, 0) is 0 Å². The van der Waals surface area contributed by atoms with Gasteiger partial charge >= 0.3 is 0 Å². The summed E-state index contributed by atoms with van der Waals surface area (Å²) in [6, 6.07) is 13.7. The van der Waals surface area contributed by atoms with Crippen molar-refractivity contribution in [1.82, 2.24) is 10.3 Å². The standard InChI is InChI=1S/C23H21FN4O3S/c1-14(18-4-2-3-10-25-18)26-20-7-5-15(12-21(20)28(30)31)23(29)27-19-9-11-32-22-8-6-16(24)13-17(19)22/h2-8,10,12-14,19,26H,9,11H2,1H3,(H,27,29). The minimum atomic E-state index is -0.522. The number of fused-ring (bicyclic) bond motifs is 1. The van der Waals surface area contributed by atoms with Crippen LogP contribution in [0.5, 0.6) is 0 Å². The van der Waals surface area contributed by atoms with Crippen molar-refractivity contribution in [3.63, 3.8) is 0 Å². The fourth-order valence-corrected chi connectivity index (χ4v) is 4.75. The van der Waals surface area contributed by atoms with Gasteiger partial charge in [0.25, 0.3) is 11.6 Å². The first-order chi connectivity index (χ1) is 15.4. The second-order valence-electron chi connectivity index (χ2n) is 7.45. The molecule has 2 atom stereocenters. The minimum absolute atomic E-state index is 0.170. The van der Waals surface area contributed by atoms with Crippen LogP contribution >= 0.6 is 11.8 Å². The monoisotopic (exact) mass is 452 g/mol. The summed E-state index contributed by atoms with van der Waals surface area (Å²) in [7, 11) is 0. The zero-order valence-corrected chi connectivity index (χ0v) is 18.1. The quantitative estimate of drug-likeness (QED) is 0.391. The molecule has 1 aliphatic rings. The normalized spacial score (nSPS) is 16.0. The molecule has 1 amide bonds. The van der Waals surface area contributed by atoms with Crippen molar-refractivity contribution in [2.75, 3.05) is 11.1 Å². The molecule has 0 spiro atoms. The minimum Gasteiger partial charge on any atom is -0.371 e. The second-order valence-corrected chi connectivity index (χ2v) is 8.59. The third kappa shape index (κ3) is 4.72. The molecular formula is C23H21FN4O3S. The van der Waals surface area contributed by atoms with Gasteiger partial charge < -0.3 is 10.6 Å². The summed E-state index contributed by atoms with van der Waals surface area (Å²) in [6.45, 7) is 1.85. The number of hydrogen-bond donors (Lipinski definition) is 2. The van der Waals surface area contributed by atoms with Crippen LogP contribution in [0, 0.1) is 15.9 Å². The van der Waals surface area contributed by atoms with Gasteiger partial charge in [-0.2, -0.15) is 0 Å². The van der Waals surface area contributed by atoms with E-state index >= 15 is 0 Å². The Morgan fingerprint density at radius 2 is 2.09 bits per heavy atom. The third-order valence-electron chi connectivity index (χ3n) is 5.28. The molecule has 1 aromatic heterocycles. The maximum atomic E-state index is 13.7. The number of rotatable bonds is 6. The molecule has 0 saturated heterocycles. The lowest BCUT2D eigenvalue weighted by Gasteiger charge is -2.26. The van der Waals surface area contributed by atoms with Crippen molar-refractivity contribution in [1.29, 1.82) is 0 Å². The summed E-state index contributed by atoms with van der Waals surface area (Å²) >= 11 is 1.62. The molecule has 2 heterocycles. The van der Waals surface area contributed by atoms with E-state index in [9.17, 15) is 19.3 Å². The van der Waals surface area contributed by atoms with Crippen LogP contribution in [0.3, 0.4) is 0 Å². The molecule has 3 aromatic rings. The first kappa shape index (κ1) is 21.8. The van der Waals surface area contributed by atoms with Gasteiger partial charge in [-0.25, -0.2) is 4.39 Å². The maximum absolute atomic E-state index is 13.7. The van der Waals surface area contributed by atoms with Crippen molar-refractivity contribution < 1.29 is 14.1 Å². The number of halogens is 1. The second kappa shape index (κ2) is 9.35. The molecule has 9 heteroatoms. The Morgan fingerprint density at radius 1 is 1.25 bits per heavy atom. The molecule has 0 aliphatic carbocycles. The maximum Gasteiger partial charge on any atom is 0.293 e. The van der Waals surface area contributed by atoms with E-state index < -0.39 is 10.8 Å². The van der Waals surface area contributed by atoms with Crippen LogP contribution in [0.1, 0.15) is 47.0 Å². The van der Waals surface area contributed by atoms with Crippen molar-refractivity contribution in [3.05, 3.63) is 93.5 Å². The number of aromatic nitrogens is 1. The van der Waals surface area contributed by atoms with Crippen LogP contribution < -0.4 is 10.6 Å². The first-order valence-electron chi connectivity index (χ1n) is 10.1. The van der Waals surface area contributed by atoms with E-state index in [1.54, 1.807) is 36.2 Å². The van der Waals surface area contributed by atoms with Crippen LogP contribution in [0.2, 0.25) is 0 Å². The largest absolute Gasteiger partial charge is 0.371 e. The highest BCUT2D eigenvalue weighted by Gasteiger charge is 2.25. The number of hydrogen-bond acceptors (Lipinski definition) is 6. The van der Waals surface area contributed by atoms with Gasteiger partial charge in [-0.15, -0.1) is 11.8 Å². The van der Waals surface area contributed by atoms with E-state index in [-0.39, 0.29) is 29.2 Å². The summed E-state index contributed by atoms with van der Waals surface area (Å²) in [4.78, 5) is 29.2. The average Bonchev–Trinajstić information content (AvgIpc) is 2.80. The van der Waals surface area contributed by atoms with Gasteiger partial charge in [-0.1, -0.05) is 6.07 Å². The summed E-state index contributed by atoms with van der Waals surface area (Å²) in [6.07, 6.45) is 2.30. The number of nitro groups is 1. The molecule has 7 nitrogen and oxygen atoms in total.